The van der Waals surface area contributed by atoms with Gasteiger partial charge < -0.3 is 25.2 Å². The number of nitrogens with zero attached hydrogens (tertiary/aromatic N) is 2. The third-order valence-electron chi connectivity index (χ3n) is 5.88. The van der Waals surface area contributed by atoms with Gasteiger partial charge in [-0.15, -0.1) is 0 Å². The molecule has 0 spiro atoms. The molecule has 1 aliphatic rings. The first-order valence-electron chi connectivity index (χ1n) is 11.5. The van der Waals surface area contributed by atoms with E-state index in [9.17, 15) is 13.9 Å². The van der Waals surface area contributed by atoms with Crippen LogP contribution in [0.5, 0.6) is 0 Å². The first-order valence-corrected chi connectivity index (χ1v) is 13.7. The maximum atomic E-state index is 13.6. The SMILES string of the molecule is CN1Cc2c(Cl)cc(Cl)cc2[C@H](c2cccc([S+](=O)(O)N(CCO)CCOCCOCCN)c2)C1. The molecule has 0 amide bonds. The summed E-state index contributed by atoms with van der Waals surface area (Å²) < 4.78 is 36.8. The smallest absolute Gasteiger partial charge is 0.325 e. The normalized spacial score (nSPS) is 18.0. The molecule has 4 N–H and O–H groups in total. The van der Waals surface area contributed by atoms with Gasteiger partial charge in [0.2, 0.25) is 4.90 Å². The first kappa shape index (κ1) is 28.5. The zero-order valence-corrected chi connectivity index (χ0v) is 22.2. The summed E-state index contributed by atoms with van der Waals surface area (Å²) >= 11 is 12.8. The summed E-state index contributed by atoms with van der Waals surface area (Å²) in [5.74, 6) is -0.0572. The predicted octanol–water partition coefficient (Wildman–Crippen LogP) is 3.10. The molecule has 11 heteroatoms. The average Bonchev–Trinajstić information content (AvgIpc) is 2.83. The Labute approximate surface area is 218 Å². The molecule has 1 unspecified atom stereocenters. The molecule has 1 aliphatic heterocycles. The number of nitrogens with two attached hydrogens (primary N) is 1. The zero-order chi connectivity index (χ0) is 25.4. The van der Waals surface area contributed by atoms with Crippen LogP contribution in [0, 0.1) is 0 Å². The summed E-state index contributed by atoms with van der Waals surface area (Å²) in [5, 5.41) is 10.7. The van der Waals surface area contributed by atoms with Gasteiger partial charge in [0.1, 0.15) is 0 Å². The van der Waals surface area contributed by atoms with Crippen molar-refractivity contribution in [2.24, 2.45) is 5.73 Å². The molecular weight excluding hydrogens is 513 g/mol. The molecule has 0 aromatic heterocycles. The summed E-state index contributed by atoms with van der Waals surface area (Å²) in [6.07, 6.45) is 0. The fourth-order valence-corrected chi connectivity index (χ4v) is 6.28. The lowest BCUT2D eigenvalue weighted by Gasteiger charge is -2.33. The molecule has 194 valence electrons. The van der Waals surface area contributed by atoms with Gasteiger partial charge in [-0.1, -0.05) is 39.6 Å². The van der Waals surface area contributed by atoms with Crippen LogP contribution in [0.15, 0.2) is 41.3 Å². The van der Waals surface area contributed by atoms with Crippen molar-refractivity contribution >= 4 is 33.6 Å². The van der Waals surface area contributed by atoms with Gasteiger partial charge in [-0.2, -0.15) is 4.55 Å². The van der Waals surface area contributed by atoms with Gasteiger partial charge >= 0.3 is 10.4 Å². The second-order valence-corrected chi connectivity index (χ2v) is 11.3. The number of benzene rings is 2. The van der Waals surface area contributed by atoms with E-state index in [2.05, 4.69) is 4.90 Å². The monoisotopic (exact) mass is 546 g/mol. The Kier molecular flexibility index (Phi) is 10.9. The van der Waals surface area contributed by atoms with Gasteiger partial charge in [0.05, 0.1) is 46.1 Å². The fraction of sp³-hybridized carbons (Fsp3) is 0.500. The van der Waals surface area contributed by atoms with Crippen molar-refractivity contribution in [3.05, 3.63) is 63.1 Å². The molecule has 3 rings (SSSR count). The minimum Gasteiger partial charge on any atom is -0.395 e. The predicted molar refractivity (Wildman–Crippen MR) is 139 cm³/mol. The first-order chi connectivity index (χ1) is 16.8. The molecule has 0 saturated carbocycles. The van der Waals surface area contributed by atoms with Gasteiger partial charge in [0.15, 0.2) is 0 Å². The van der Waals surface area contributed by atoms with Crippen LogP contribution in [0.25, 0.3) is 0 Å². The second kappa shape index (κ2) is 13.4. The van der Waals surface area contributed by atoms with E-state index in [1.54, 1.807) is 24.3 Å². The summed E-state index contributed by atoms with van der Waals surface area (Å²) in [6, 6.07) is 10.8. The Hall–Kier alpha value is -1.11. The Balaban J connectivity index is 1.79. The Bertz CT molecular complexity index is 1030. The highest BCUT2D eigenvalue weighted by Gasteiger charge is 2.39. The van der Waals surface area contributed by atoms with Crippen LogP contribution in [0.4, 0.5) is 0 Å². The topological polar surface area (TPSA) is 108 Å². The van der Waals surface area contributed by atoms with E-state index in [1.165, 1.54) is 4.31 Å². The zero-order valence-electron chi connectivity index (χ0n) is 19.9. The van der Waals surface area contributed by atoms with Crippen molar-refractivity contribution in [3.8, 4) is 0 Å². The summed E-state index contributed by atoms with van der Waals surface area (Å²) in [6.45, 7) is 3.27. The Morgan fingerprint density at radius 1 is 1.14 bits per heavy atom. The third-order valence-corrected chi connectivity index (χ3v) is 8.37. The molecule has 2 aromatic rings. The largest absolute Gasteiger partial charge is 0.395 e. The standard InChI is InChI=1S/C24H33Cl2N3O5S/c1-28-16-22(21-14-19(25)15-24(26)23(21)17-28)18-3-2-4-20(13-18)35(31,32)29(6-8-30)7-10-34-12-11-33-9-5-27/h2-4,13-15,22,30H,5-12,16-17,27H2,1H3/p+1/t22-/m0/s1. The minimum absolute atomic E-state index is 0.0345. The second-order valence-electron chi connectivity index (χ2n) is 8.44. The van der Waals surface area contributed by atoms with E-state index >= 15 is 0 Å². The van der Waals surface area contributed by atoms with Crippen molar-refractivity contribution in [1.29, 1.82) is 0 Å². The van der Waals surface area contributed by atoms with Crippen molar-refractivity contribution < 1.29 is 23.3 Å². The average molecular weight is 548 g/mol. The fourth-order valence-electron chi connectivity index (χ4n) is 4.22. The van der Waals surface area contributed by atoms with Gasteiger partial charge in [0, 0.05) is 41.7 Å². The molecule has 8 nitrogen and oxygen atoms in total. The highest BCUT2D eigenvalue weighted by Crippen LogP contribution is 2.39. The van der Waals surface area contributed by atoms with Crippen molar-refractivity contribution in [2.45, 2.75) is 17.4 Å². The number of fused-ring (bicyclic) bond motifs is 1. The van der Waals surface area contributed by atoms with Gasteiger partial charge in [-0.25, -0.2) is 0 Å². The molecule has 0 aliphatic carbocycles. The van der Waals surface area contributed by atoms with Gasteiger partial charge in [-0.05, 0) is 46.1 Å². The number of likely N-dealkylation sites (N-methyl/N-ethyl adjacent to an activating group) is 1. The van der Waals surface area contributed by atoms with E-state index in [-0.39, 0.29) is 37.1 Å². The quantitative estimate of drug-likeness (QED) is 0.261. The number of hydrogen-bond acceptors (Lipinski definition) is 6. The highest BCUT2D eigenvalue weighted by atomic mass is 35.5. The summed E-state index contributed by atoms with van der Waals surface area (Å²) in [5.41, 5.74) is 8.31. The van der Waals surface area contributed by atoms with E-state index in [0.717, 1.165) is 23.2 Å². The molecule has 0 saturated heterocycles. The maximum absolute atomic E-state index is 13.6. The Morgan fingerprint density at radius 3 is 2.60 bits per heavy atom. The molecule has 1 heterocycles. The molecule has 2 aromatic carbocycles. The van der Waals surface area contributed by atoms with E-state index < -0.39 is 10.4 Å². The number of ether oxygens (including phenoxy) is 2. The van der Waals surface area contributed by atoms with Crippen LogP contribution in [0.2, 0.25) is 10.0 Å². The lowest BCUT2D eigenvalue weighted by molar-refractivity contribution is 0.0461. The number of rotatable bonds is 13. The molecule has 35 heavy (non-hydrogen) atoms. The van der Waals surface area contributed by atoms with Gasteiger partial charge in [0.25, 0.3) is 0 Å². The van der Waals surface area contributed by atoms with Crippen molar-refractivity contribution in [3.63, 3.8) is 0 Å². The van der Waals surface area contributed by atoms with E-state index in [0.29, 0.717) is 43.0 Å². The van der Waals surface area contributed by atoms with Crippen LogP contribution in [-0.4, -0.2) is 85.1 Å². The molecule has 2 atom stereocenters. The van der Waals surface area contributed by atoms with Crippen LogP contribution in [0.3, 0.4) is 0 Å². The maximum Gasteiger partial charge on any atom is 0.325 e. The lowest BCUT2D eigenvalue weighted by atomic mass is 9.85. The molecule has 0 radical (unpaired) electrons. The van der Waals surface area contributed by atoms with E-state index in [1.807, 2.05) is 19.2 Å². The lowest BCUT2D eigenvalue weighted by Crippen LogP contribution is -2.40. The number of hydrogen-bond donors (Lipinski definition) is 3. The van der Waals surface area contributed by atoms with Gasteiger partial charge in [-0.3, -0.25) is 0 Å². The number of aliphatic hydroxyl groups is 1. The summed E-state index contributed by atoms with van der Waals surface area (Å²) in [4.78, 5) is 2.44. The number of aliphatic hydroxyl groups excluding tert-OH is 1. The molecular formula is C24H34Cl2N3O5S+. The van der Waals surface area contributed by atoms with Crippen molar-refractivity contribution in [2.75, 3.05) is 66.3 Å². The van der Waals surface area contributed by atoms with Crippen LogP contribution < -0.4 is 5.73 Å². The van der Waals surface area contributed by atoms with Crippen LogP contribution >= 0.6 is 23.2 Å². The Morgan fingerprint density at radius 2 is 1.89 bits per heavy atom. The minimum atomic E-state index is -3.60. The van der Waals surface area contributed by atoms with E-state index in [4.69, 9.17) is 38.4 Å². The van der Waals surface area contributed by atoms with Crippen LogP contribution in [0.1, 0.15) is 22.6 Å². The number of halogens is 2. The third kappa shape index (κ3) is 7.45. The highest BCUT2D eigenvalue weighted by molar-refractivity contribution is 7.95. The summed E-state index contributed by atoms with van der Waals surface area (Å²) in [7, 11) is -1.59. The van der Waals surface area contributed by atoms with Crippen LogP contribution in [-0.2, 0) is 30.6 Å². The molecule has 0 fully saturated rings. The molecule has 0 bridgehead atoms. The van der Waals surface area contributed by atoms with Crippen molar-refractivity contribution in [1.82, 2.24) is 9.21 Å².